The Labute approximate surface area is 91.6 Å². The highest BCUT2D eigenvalue weighted by Crippen LogP contribution is 2.17. The Morgan fingerprint density at radius 1 is 1.44 bits per heavy atom. The van der Waals surface area contributed by atoms with Gasteiger partial charge < -0.3 is 16.0 Å². The topological polar surface area (TPSA) is 74.0 Å². The number of amides is 1. The first kappa shape index (κ1) is 10.6. The Morgan fingerprint density at radius 3 is 2.88 bits per heavy atom. The lowest BCUT2D eigenvalue weighted by Crippen LogP contribution is -2.39. The number of hydrogen-bond donors (Lipinski definition) is 2. The van der Waals surface area contributed by atoms with Crippen LogP contribution >= 0.6 is 0 Å². The maximum Gasteiger partial charge on any atom is 0.236 e. The lowest BCUT2D eigenvalue weighted by molar-refractivity contribution is -0.119. The molecule has 0 saturated heterocycles. The molecule has 0 aliphatic heterocycles. The van der Waals surface area contributed by atoms with Crippen molar-refractivity contribution in [1.82, 2.24) is 4.57 Å². The molecule has 1 heterocycles. The molecule has 5 heteroatoms. The predicted octanol–water partition coefficient (Wildman–Crippen LogP) is 0.593. The minimum Gasteiger partial charge on any atom is -0.368 e. The van der Waals surface area contributed by atoms with E-state index in [1.165, 1.54) is 12.1 Å². The van der Waals surface area contributed by atoms with E-state index in [2.05, 4.69) is 0 Å². The Hall–Kier alpha value is -1.88. The van der Waals surface area contributed by atoms with Gasteiger partial charge in [-0.1, -0.05) is 0 Å². The number of halogens is 1. The van der Waals surface area contributed by atoms with E-state index in [1.54, 1.807) is 16.8 Å². The Morgan fingerprint density at radius 2 is 2.19 bits per heavy atom. The Balaban J connectivity index is 2.37. The fraction of sp³-hybridized carbons (Fsp3) is 0.182. The van der Waals surface area contributed by atoms with Crippen molar-refractivity contribution >= 4 is 16.8 Å². The summed E-state index contributed by atoms with van der Waals surface area (Å²) in [6.45, 7) is 0.252. The summed E-state index contributed by atoms with van der Waals surface area (Å²) in [4.78, 5) is 10.8. The fourth-order valence-corrected chi connectivity index (χ4v) is 1.62. The van der Waals surface area contributed by atoms with Crippen LogP contribution in [-0.4, -0.2) is 16.5 Å². The molecule has 0 bridgehead atoms. The Kier molecular flexibility index (Phi) is 2.62. The first-order chi connectivity index (χ1) is 7.58. The lowest BCUT2D eigenvalue weighted by atomic mass is 10.2. The van der Waals surface area contributed by atoms with Crippen LogP contribution in [0.2, 0.25) is 0 Å². The number of primary amides is 1. The largest absolute Gasteiger partial charge is 0.368 e. The van der Waals surface area contributed by atoms with E-state index >= 15 is 0 Å². The monoisotopic (exact) mass is 221 g/mol. The van der Waals surface area contributed by atoms with Crippen molar-refractivity contribution < 1.29 is 9.18 Å². The van der Waals surface area contributed by atoms with Gasteiger partial charge in [0.1, 0.15) is 11.9 Å². The molecule has 2 aromatic rings. The van der Waals surface area contributed by atoms with E-state index in [1.807, 2.05) is 6.07 Å². The van der Waals surface area contributed by atoms with E-state index in [9.17, 15) is 9.18 Å². The molecule has 1 aromatic carbocycles. The summed E-state index contributed by atoms with van der Waals surface area (Å²) in [5.41, 5.74) is 11.3. The average Bonchev–Trinajstić information content (AvgIpc) is 2.61. The molecule has 0 radical (unpaired) electrons. The second-order valence-electron chi connectivity index (χ2n) is 3.68. The number of carbonyl (C=O) groups excluding carboxylic acids is 1. The molecule has 0 saturated carbocycles. The van der Waals surface area contributed by atoms with Crippen molar-refractivity contribution in [3.8, 4) is 0 Å². The highest BCUT2D eigenvalue weighted by atomic mass is 19.1. The van der Waals surface area contributed by atoms with Gasteiger partial charge in [-0.15, -0.1) is 0 Å². The number of aromatic nitrogens is 1. The predicted molar refractivity (Wildman–Crippen MR) is 59.1 cm³/mol. The van der Waals surface area contributed by atoms with Crippen molar-refractivity contribution in [2.75, 3.05) is 0 Å². The maximum absolute atomic E-state index is 13.1. The summed E-state index contributed by atoms with van der Waals surface area (Å²) >= 11 is 0. The Bertz CT molecular complexity index is 535. The SMILES string of the molecule is NC(=O)C(N)Cn1ccc2ccc(F)cc21. The van der Waals surface area contributed by atoms with Crippen LogP contribution in [0.1, 0.15) is 0 Å². The van der Waals surface area contributed by atoms with Crippen molar-refractivity contribution in [2.45, 2.75) is 12.6 Å². The molecule has 2 rings (SSSR count). The van der Waals surface area contributed by atoms with Crippen LogP contribution in [0.4, 0.5) is 4.39 Å². The zero-order valence-corrected chi connectivity index (χ0v) is 8.56. The van der Waals surface area contributed by atoms with Gasteiger partial charge in [-0.3, -0.25) is 4.79 Å². The standard InChI is InChI=1S/C11H12FN3O/c12-8-2-1-7-3-4-15(10(7)5-8)6-9(13)11(14)16/h1-5,9H,6,13H2,(H2,14,16). The molecule has 1 aromatic heterocycles. The van der Waals surface area contributed by atoms with Crippen LogP contribution < -0.4 is 11.5 Å². The summed E-state index contributed by atoms with van der Waals surface area (Å²) in [5, 5.41) is 0.901. The van der Waals surface area contributed by atoms with Crippen LogP contribution in [0.15, 0.2) is 30.5 Å². The van der Waals surface area contributed by atoms with Crippen LogP contribution in [0.25, 0.3) is 10.9 Å². The highest BCUT2D eigenvalue weighted by molar-refractivity contribution is 5.82. The maximum atomic E-state index is 13.1. The number of hydrogen-bond acceptors (Lipinski definition) is 2. The van der Waals surface area contributed by atoms with Crippen LogP contribution in [0, 0.1) is 5.82 Å². The zero-order valence-electron chi connectivity index (χ0n) is 8.56. The molecular formula is C11H12FN3O. The summed E-state index contributed by atoms with van der Waals surface area (Å²) < 4.78 is 14.8. The first-order valence-electron chi connectivity index (χ1n) is 4.87. The summed E-state index contributed by atoms with van der Waals surface area (Å²) in [5.74, 6) is -0.890. The van der Waals surface area contributed by atoms with Gasteiger partial charge >= 0.3 is 0 Å². The van der Waals surface area contributed by atoms with E-state index < -0.39 is 11.9 Å². The fourth-order valence-electron chi connectivity index (χ4n) is 1.62. The molecule has 0 fully saturated rings. The van der Waals surface area contributed by atoms with Gasteiger partial charge in [0.05, 0.1) is 5.52 Å². The van der Waals surface area contributed by atoms with Crippen LogP contribution in [0.5, 0.6) is 0 Å². The normalized spacial score (nSPS) is 12.9. The van der Waals surface area contributed by atoms with Gasteiger partial charge in [0.2, 0.25) is 5.91 Å². The van der Waals surface area contributed by atoms with Gasteiger partial charge in [0, 0.05) is 12.7 Å². The van der Waals surface area contributed by atoms with Crippen molar-refractivity contribution in [2.24, 2.45) is 11.5 Å². The average molecular weight is 221 g/mol. The highest BCUT2D eigenvalue weighted by Gasteiger charge is 2.11. The lowest BCUT2D eigenvalue weighted by Gasteiger charge is -2.09. The smallest absolute Gasteiger partial charge is 0.236 e. The minimum absolute atomic E-state index is 0.252. The molecule has 0 spiro atoms. The first-order valence-corrected chi connectivity index (χ1v) is 4.87. The van der Waals surface area contributed by atoms with E-state index in [-0.39, 0.29) is 12.4 Å². The van der Waals surface area contributed by atoms with Crippen LogP contribution in [0.3, 0.4) is 0 Å². The second-order valence-corrected chi connectivity index (χ2v) is 3.68. The molecule has 1 atom stereocenters. The summed E-state index contributed by atoms with van der Waals surface area (Å²) in [6, 6.07) is 5.54. The van der Waals surface area contributed by atoms with E-state index in [0.29, 0.717) is 5.52 Å². The molecule has 0 aliphatic rings. The number of carbonyl (C=O) groups is 1. The second kappa shape index (κ2) is 3.94. The van der Waals surface area contributed by atoms with Crippen LogP contribution in [-0.2, 0) is 11.3 Å². The van der Waals surface area contributed by atoms with E-state index in [0.717, 1.165) is 5.39 Å². The zero-order chi connectivity index (χ0) is 11.7. The third-order valence-corrected chi connectivity index (χ3v) is 2.49. The van der Waals surface area contributed by atoms with Crippen molar-refractivity contribution in [3.63, 3.8) is 0 Å². The molecule has 4 nitrogen and oxygen atoms in total. The molecule has 84 valence electrons. The molecule has 4 N–H and O–H groups in total. The van der Waals surface area contributed by atoms with Gasteiger partial charge in [0.15, 0.2) is 0 Å². The van der Waals surface area contributed by atoms with Gasteiger partial charge in [0.25, 0.3) is 0 Å². The number of rotatable bonds is 3. The minimum atomic E-state index is -0.765. The summed E-state index contributed by atoms with van der Waals surface area (Å²) in [6.07, 6.45) is 1.76. The van der Waals surface area contributed by atoms with Gasteiger partial charge in [-0.25, -0.2) is 4.39 Å². The molecule has 1 amide bonds. The van der Waals surface area contributed by atoms with Crippen molar-refractivity contribution in [3.05, 3.63) is 36.3 Å². The number of nitrogens with zero attached hydrogens (tertiary/aromatic N) is 1. The summed E-state index contributed by atoms with van der Waals surface area (Å²) in [7, 11) is 0. The molecular weight excluding hydrogens is 209 g/mol. The molecule has 1 unspecified atom stereocenters. The number of nitrogens with two attached hydrogens (primary N) is 2. The molecule has 0 aliphatic carbocycles. The third kappa shape index (κ3) is 1.90. The molecule has 16 heavy (non-hydrogen) atoms. The number of benzene rings is 1. The van der Waals surface area contributed by atoms with Gasteiger partial charge in [-0.05, 0) is 29.7 Å². The van der Waals surface area contributed by atoms with Crippen molar-refractivity contribution in [1.29, 1.82) is 0 Å². The van der Waals surface area contributed by atoms with Gasteiger partial charge in [-0.2, -0.15) is 0 Å². The van der Waals surface area contributed by atoms with E-state index in [4.69, 9.17) is 11.5 Å². The number of fused-ring (bicyclic) bond motifs is 1. The quantitative estimate of drug-likeness (QED) is 0.796. The third-order valence-electron chi connectivity index (χ3n) is 2.49.